The Morgan fingerprint density at radius 3 is 2.63 bits per heavy atom. The van der Waals surface area contributed by atoms with Crippen LogP contribution in [0.3, 0.4) is 0 Å². The summed E-state index contributed by atoms with van der Waals surface area (Å²) < 4.78 is 9.89. The Kier molecular flexibility index (Phi) is 5.63. The van der Waals surface area contributed by atoms with Gasteiger partial charge in [-0.1, -0.05) is 18.5 Å². The van der Waals surface area contributed by atoms with Crippen LogP contribution in [-0.2, 0) is 14.3 Å². The minimum atomic E-state index is -0.940. The third kappa shape index (κ3) is 4.13. The molecule has 1 unspecified atom stereocenters. The quantitative estimate of drug-likeness (QED) is 0.664. The van der Waals surface area contributed by atoms with Crippen LogP contribution in [0.4, 0.5) is 5.69 Å². The normalized spacial score (nSPS) is 11.7. The molecule has 1 atom stereocenters. The number of carbonyl (C=O) groups excluding carboxylic acids is 2. The molecule has 0 heterocycles. The molecule has 0 fully saturated rings. The Morgan fingerprint density at radius 1 is 1.37 bits per heavy atom. The SMILES string of the molecule is CCOC(=O)C(CC)OC(=O)c1cc(N)ccc1Cl. The lowest BCUT2D eigenvalue weighted by molar-refractivity contribution is -0.153. The van der Waals surface area contributed by atoms with Crippen LogP contribution in [0.1, 0.15) is 30.6 Å². The summed E-state index contributed by atoms with van der Waals surface area (Å²) in [7, 11) is 0. The van der Waals surface area contributed by atoms with E-state index in [4.69, 9.17) is 26.8 Å². The number of benzene rings is 1. The number of halogens is 1. The average molecular weight is 286 g/mol. The average Bonchev–Trinajstić information content (AvgIpc) is 2.38. The van der Waals surface area contributed by atoms with Crippen LogP contribution >= 0.6 is 11.6 Å². The molecule has 104 valence electrons. The van der Waals surface area contributed by atoms with Crippen LogP contribution in [0.2, 0.25) is 5.02 Å². The monoisotopic (exact) mass is 285 g/mol. The first-order valence-corrected chi connectivity index (χ1v) is 6.30. The number of hydrogen-bond donors (Lipinski definition) is 1. The maximum Gasteiger partial charge on any atom is 0.347 e. The van der Waals surface area contributed by atoms with Gasteiger partial charge in [-0.25, -0.2) is 9.59 Å². The number of nitrogens with two attached hydrogens (primary N) is 1. The van der Waals surface area contributed by atoms with E-state index in [1.165, 1.54) is 12.1 Å². The number of ether oxygens (including phenoxy) is 2. The number of carbonyl (C=O) groups is 2. The predicted octanol–water partition coefficient (Wildman–Crippen LogP) is 2.42. The predicted molar refractivity (Wildman–Crippen MR) is 72.0 cm³/mol. The minimum absolute atomic E-state index is 0.129. The summed E-state index contributed by atoms with van der Waals surface area (Å²) in [6.45, 7) is 3.63. The second-order valence-corrected chi connectivity index (χ2v) is 4.20. The smallest absolute Gasteiger partial charge is 0.347 e. The van der Waals surface area contributed by atoms with Gasteiger partial charge < -0.3 is 15.2 Å². The number of anilines is 1. The highest BCUT2D eigenvalue weighted by molar-refractivity contribution is 6.33. The van der Waals surface area contributed by atoms with Gasteiger partial charge >= 0.3 is 11.9 Å². The molecule has 1 rings (SSSR count). The van der Waals surface area contributed by atoms with Crippen molar-refractivity contribution in [2.24, 2.45) is 0 Å². The number of esters is 2. The Balaban J connectivity index is 2.82. The van der Waals surface area contributed by atoms with Gasteiger partial charge in [0.05, 0.1) is 17.2 Å². The van der Waals surface area contributed by atoms with Gasteiger partial charge in [-0.15, -0.1) is 0 Å². The third-order valence-electron chi connectivity index (χ3n) is 2.38. The zero-order chi connectivity index (χ0) is 14.4. The molecule has 0 aromatic heterocycles. The molecular formula is C13H16ClNO4. The van der Waals surface area contributed by atoms with Crippen molar-refractivity contribution in [2.75, 3.05) is 12.3 Å². The van der Waals surface area contributed by atoms with Gasteiger partial charge in [-0.2, -0.15) is 0 Å². The molecule has 0 saturated heterocycles. The summed E-state index contributed by atoms with van der Waals surface area (Å²) in [5.74, 6) is -1.27. The second kappa shape index (κ2) is 6.99. The van der Waals surface area contributed by atoms with Crippen LogP contribution in [0, 0.1) is 0 Å². The lowest BCUT2D eigenvalue weighted by Gasteiger charge is -2.15. The van der Waals surface area contributed by atoms with Crippen molar-refractivity contribution in [3.05, 3.63) is 28.8 Å². The Bertz CT molecular complexity index is 476. The Hall–Kier alpha value is -1.75. The molecule has 5 nitrogen and oxygen atoms in total. The first kappa shape index (κ1) is 15.3. The Labute approximate surface area is 116 Å². The van der Waals surface area contributed by atoms with Crippen LogP contribution in [0.15, 0.2) is 18.2 Å². The lowest BCUT2D eigenvalue weighted by atomic mass is 10.2. The summed E-state index contributed by atoms with van der Waals surface area (Å²) in [5, 5.41) is 0.220. The molecule has 0 aliphatic carbocycles. The first-order chi connectivity index (χ1) is 8.99. The molecule has 6 heteroatoms. The molecule has 1 aromatic carbocycles. The van der Waals surface area contributed by atoms with Crippen LogP contribution in [-0.4, -0.2) is 24.6 Å². The fourth-order valence-electron chi connectivity index (χ4n) is 1.43. The van der Waals surface area contributed by atoms with E-state index in [2.05, 4.69) is 0 Å². The maximum atomic E-state index is 11.9. The van der Waals surface area contributed by atoms with E-state index in [0.717, 1.165) is 0 Å². The fraction of sp³-hybridized carbons (Fsp3) is 0.385. The highest BCUT2D eigenvalue weighted by Crippen LogP contribution is 2.20. The van der Waals surface area contributed by atoms with E-state index in [-0.39, 0.29) is 17.2 Å². The Morgan fingerprint density at radius 2 is 2.05 bits per heavy atom. The summed E-state index contributed by atoms with van der Waals surface area (Å²) in [5.41, 5.74) is 6.10. The first-order valence-electron chi connectivity index (χ1n) is 5.92. The largest absolute Gasteiger partial charge is 0.463 e. The van der Waals surface area contributed by atoms with E-state index in [9.17, 15) is 9.59 Å². The van der Waals surface area contributed by atoms with Crippen molar-refractivity contribution in [3.63, 3.8) is 0 Å². The molecule has 0 spiro atoms. The van der Waals surface area contributed by atoms with Gasteiger partial charge in [0.25, 0.3) is 0 Å². The van der Waals surface area contributed by atoms with Gasteiger partial charge in [-0.3, -0.25) is 0 Å². The van der Waals surface area contributed by atoms with E-state index in [1.54, 1.807) is 19.9 Å². The van der Waals surface area contributed by atoms with E-state index in [0.29, 0.717) is 12.1 Å². The third-order valence-corrected chi connectivity index (χ3v) is 2.71. The molecule has 0 amide bonds. The topological polar surface area (TPSA) is 78.6 Å². The van der Waals surface area contributed by atoms with E-state index in [1.807, 2.05) is 0 Å². The molecule has 0 saturated carbocycles. The van der Waals surface area contributed by atoms with Crippen LogP contribution in [0.25, 0.3) is 0 Å². The van der Waals surface area contributed by atoms with Crippen molar-refractivity contribution < 1.29 is 19.1 Å². The van der Waals surface area contributed by atoms with Crippen molar-refractivity contribution >= 4 is 29.2 Å². The van der Waals surface area contributed by atoms with Gasteiger partial charge in [0, 0.05) is 5.69 Å². The van der Waals surface area contributed by atoms with Gasteiger partial charge in [0.1, 0.15) is 0 Å². The van der Waals surface area contributed by atoms with Crippen LogP contribution < -0.4 is 5.73 Å². The molecule has 0 aliphatic heterocycles. The van der Waals surface area contributed by atoms with Crippen LogP contribution in [0.5, 0.6) is 0 Å². The van der Waals surface area contributed by atoms with Crippen molar-refractivity contribution in [1.82, 2.24) is 0 Å². The van der Waals surface area contributed by atoms with Crippen molar-refractivity contribution in [1.29, 1.82) is 0 Å². The van der Waals surface area contributed by atoms with Gasteiger partial charge in [-0.05, 0) is 31.5 Å². The van der Waals surface area contributed by atoms with Crippen molar-refractivity contribution in [2.45, 2.75) is 26.4 Å². The minimum Gasteiger partial charge on any atom is -0.463 e. The zero-order valence-corrected chi connectivity index (χ0v) is 11.6. The summed E-state index contributed by atoms with van der Waals surface area (Å²) in [6, 6.07) is 4.48. The maximum absolute atomic E-state index is 11.9. The molecule has 0 bridgehead atoms. The summed E-state index contributed by atoms with van der Waals surface area (Å²) >= 11 is 5.89. The highest BCUT2D eigenvalue weighted by Gasteiger charge is 2.24. The molecule has 1 aromatic rings. The van der Waals surface area contributed by atoms with Gasteiger partial charge in [0.2, 0.25) is 0 Å². The standard InChI is InChI=1S/C13H16ClNO4/c1-3-11(13(17)18-4-2)19-12(16)9-7-8(15)5-6-10(9)14/h5-7,11H,3-4,15H2,1-2H3. The van der Waals surface area contributed by atoms with Gasteiger partial charge in [0.15, 0.2) is 6.10 Å². The molecule has 0 radical (unpaired) electrons. The number of nitrogen functional groups attached to an aromatic ring is 1. The number of hydrogen-bond acceptors (Lipinski definition) is 5. The lowest BCUT2D eigenvalue weighted by Crippen LogP contribution is -2.28. The molecule has 2 N–H and O–H groups in total. The summed E-state index contributed by atoms with van der Waals surface area (Å²) in [4.78, 5) is 23.5. The molecule has 0 aliphatic rings. The summed E-state index contributed by atoms with van der Waals surface area (Å²) in [6.07, 6.45) is -0.616. The highest BCUT2D eigenvalue weighted by atomic mass is 35.5. The van der Waals surface area contributed by atoms with E-state index < -0.39 is 18.0 Å². The fourth-order valence-corrected chi connectivity index (χ4v) is 1.62. The second-order valence-electron chi connectivity index (χ2n) is 3.79. The van der Waals surface area contributed by atoms with Crippen molar-refractivity contribution in [3.8, 4) is 0 Å². The zero-order valence-electron chi connectivity index (χ0n) is 10.8. The molecule has 19 heavy (non-hydrogen) atoms. The number of rotatable bonds is 5. The van der Waals surface area contributed by atoms with E-state index >= 15 is 0 Å². The molecular weight excluding hydrogens is 270 g/mol.